The van der Waals surface area contributed by atoms with Crippen molar-refractivity contribution in [2.75, 3.05) is 23.7 Å². The van der Waals surface area contributed by atoms with Gasteiger partial charge in [-0.2, -0.15) is 11.8 Å². The Kier molecular flexibility index (Phi) is 4.89. The summed E-state index contributed by atoms with van der Waals surface area (Å²) in [6.07, 6.45) is 0. The molecule has 0 unspecified atom stereocenters. The number of aromatic nitrogens is 1. The first-order chi connectivity index (χ1) is 9.66. The van der Waals surface area contributed by atoms with E-state index in [1.807, 2.05) is 0 Å². The molecule has 1 aliphatic rings. The third-order valence-corrected chi connectivity index (χ3v) is 5.04. The molecule has 0 atom stereocenters. The summed E-state index contributed by atoms with van der Waals surface area (Å²) >= 11 is 2.06. The van der Waals surface area contributed by atoms with Gasteiger partial charge in [0.05, 0.1) is 0 Å². The number of nitrogens with zero attached hydrogens (tertiary/aromatic N) is 2. The summed E-state index contributed by atoms with van der Waals surface area (Å²) in [6.45, 7) is 16.4. The number of hydrogen-bond donors (Lipinski definition) is 1. The van der Waals surface area contributed by atoms with Crippen LogP contribution in [0.4, 0.5) is 5.82 Å². The largest absolute Gasteiger partial charge is 0.354 e. The van der Waals surface area contributed by atoms with Gasteiger partial charge in [-0.15, -0.1) is 0 Å². The van der Waals surface area contributed by atoms with Crippen LogP contribution >= 0.6 is 11.8 Å². The van der Waals surface area contributed by atoms with E-state index in [9.17, 15) is 0 Å². The van der Waals surface area contributed by atoms with Gasteiger partial charge in [-0.3, -0.25) is 0 Å². The molecule has 4 heteroatoms. The van der Waals surface area contributed by atoms with Crippen molar-refractivity contribution in [1.29, 1.82) is 0 Å². The highest BCUT2D eigenvalue weighted by Gasteiger charge is 2.27. The van der Waals surface area contributed by atoms with Gasteiger partial charge in [0.1, 0.15) is 5.82 Å². The monoisotopic (exact) mass is 307 g/mol. The van der Waals surface area contributed by atoms with Crippen molar-refractivity contribution in [2.24, 2.45) is 0 Å². The average Bonchev–Trinajstić information content (AvgIpc) is 2.35. The van der Waals surface area contributed by atoms with Gasteiger partial charge in [0, 0.05) is 41.4 Å². The summed E-state index contributed by atoms with van der Waals surface area (Å²) < 4.78 is 0.320. The van der Waals surface area contributed by atoms with E-state index in [1.54, 1.807) is 0 Å². The van der Waals surface area contributed by atoms with E-state index in [1.165, 1.54) is 11.3 Å². The summed E-state index contributed by atoms with van der Waals surface area (Å²) in [4.78, 5) is 7.26. The van der Waals surface area contributed by atoms with Crippen molar-refractivity contribution < 1.29 is 0 Å². The number of anilines is 1. The zero-order chi connectivity index (χ0) is 15.7. The molecule has 2 rings (SSSR count). The van der Waals surface area contributed by atoms with Crippen molar-refractivity contribution in [1.82, 2.24) is 10.3 Å². The molecule has 0 bridgehead atoms. The van der Waals surface area contributed by atoms with Gasteiger partial charge in [-0.25, -0.2) is 4.98 Å². The Bertz CT molecular complexity index is 491. The summed E-state index contributed by atoms with van der Waals surface area (Å²) in [7, 11) is 0. The SMILES string of the molecule is Cc1nc(N2CCSC(C)(C)C2)ccc1CNC(C)(C)C. The second kappa shape index (κ2) is 6.17. The van der Waals surface area contributed by atoms with Crippen LogP contribution in [0.5, 0.6) is 0 Å². The van der Waals surface area contributed by atoms with Gasteiger partial charge < -0.3 is 10.2 Å². The van der Waals surface area contributed by atoms with E-state index < -0.39 is 0 Å². The Morgan fingerprint density at radius 2 is 2.05 bits per heavy atom. The fourth-order valence-corrected chi connectivity index (χ4v) is 3.62. The molecule has 1 saturated heterocycles. The van der Waals surface area contributed by atoms with Gasteiger partial charge in [-0.1, -0.05) is 6.07 Å². The maximum Gasteiger partial charge on any atom is 0.128 e. The van der Waals surface area contributed by atoms with E-state index in [4.69, 9.17) is 4.98 Å². The minimum absolute atomic E-state index is 0.138. The normalized spacial score (nSPS) is 18.9. The highest BCUT2D eigenvalue weighted by molar-refractivity contribution is 8.00. The quantitative estimate of drug-likeness (QED) is 0.923. The number of thioether (sulfide) groups is 1. The highest BCUT2D eigenvalue weighted by atomic mass is 32.2. The van der Waals surface area contributed by atoms with Gasteiger partial charge in [0.15, 0.2) is 0 Å². The molecular formula is C17H29N3S. The molecule has 1 fully saturated rings. The molecule has 118 valence electrons. The van der Waals surface area contributed by atoms with Crippen LogP contribution in [0.3, 0.4) is 0 Å². The van der Waals surface area contributed by atoms with Crippen LogP contribution in [-0.2, 0) is 6.54 Å². The standard InChI is InChI=1S/C17H29N3S/c1-13-14(11-18-16(2,3)4)7-8-15(19-13)20-9-10-21-17(5,6)12-20/h7-8,18H,9-12H2,1-6H3. The molecule has 3 nitrogen and oxygen atoms in total. The third-order valence-electron chi connectivity index (χ3n) is 3.74. The van der Waals surface area contributed by atoms with Gasteiger partial charge >= 0.3 is 0 Å². The van der Waals surface area contributed by atoms with Crippen molar-refractivity contribution in [3.8, 4) is 0 Å². The molecule has 2 heterocycles. The number of pyridine rings is 1. The molecule has 0 aliphatic carbocycles. The second-order valence-corrected chi connectivity index (χ2v) is 9.35. The Morgan fingerprint density at radius 1 is 1.33 bits per heavy atom. The summed E-state index contributed by atoms with van der Waals surface area (Å²) in [6, 6.07) is 4.41. The van der Waals surface area contributed by atoms with E-state index in [0.717, 1.165) is 31.1 Å². The van der Waals surface area contributed by atoms with Gasteiger partial charge in [-0.05, 0) is 53.2 Å². The van der Waals surface area contributed by atoms with Gasteiger partial charge in [0.2, 0.25) is 0 Å². The van der Waals surface area contributed by atoms with Crippen LogP contribution in [-0.4, -0.2) is 34.1 Å². The van der Waals surface area contributed by atoms with Crippen LogP contribution in [0, 0.1) is 6.92 Å². The van der Waals surface area contributed by atoms with Crippen molar-refractivity contribution >= 4 is 17.6 Å². The third kappa shape index (κ3) is 4.89. The molecule has 0 spiro atoms. The first-order valence-corrected chi connectivity index (χ1v) is 8.75. The Hall–Kier alpha value is -0.740. The maximum atomic E-state index is 4.84. The number of hydrogen-bond acceptors (Lipinski definition) is 4. The first kappa shape index (κ1) is 16.6. The number of nitrogens with one attached hydrogen (secondary N) is 1. The maximum absolute atomic E-state index is 4.84. The van der Waals surface area contributed by atoms with Crippen LogP contribution in [0.1, 0.15) is 45.9 Å². The Morgan fingerprint density at radius 3 is 2.62 bits per heavy atom. The molecule has 1 aliphatic heterocycles. The molecule has 1 aromatic rings. The lowest BCUT2D eigenvalue weighted by Gasteiger charge is -2.38. The number of aryl methyl sites for hydroxylation is 1. The smallest absolute Gasteiger partial charge is 0.128 e. The van der Waals surface area contributed by atoms with Crippen LogP contribution in [0.25, 0.3) is 0 Å². The highest BCUT2D eigenvalue weighted by Crippen LogP contribution is 2.31. The van der Waals surface area contributed by atoms with E-state index in [-0.39, 0.29) is 5.54 Å². The molecule has 0 amide bonds. The summed E-state index contributed by atoms with van der Waals surface area (Å²) in [5.41, 5.74) is 2.57. The predicted molar refractivity (Wildman–Crippen MR) is 94.3 cm³/mol. The van der Waals surface area contributed by atoms with Crippen LogP contribution in [0.2, 0.25) is 0 Å². The minimum atomic E-state index is 0.138. The molecular weight excluding hydrogens is 278 g/mol. The van der Waals surface area contributed by atoms with E-state index in [2.05, 4.69) is 75.7 Å². The number of rotatable bonds is 3. The van der Waals surface area contributed by atoms with Gasteiger partial charge in [0.25, 0.3) is 0 Å². The summed E-state index contributed by atoms with van der Waals surface area (Å²) in [5.74, 6) is 2.31. The van der Waals surface area contributed by atoms with E-state index >= 15 is 0 Å². The lowest BCUT2D eigenvalue weighted by Crippen LogP contribution is -2.43. The predicted octanol–water partition coefficient (Wildman–Crippen LogP) is 3.61. The fraction of sp³-hybridized carbons (Fsp3) is 0.706. The topological polar surface area (TPSA) is 28.2 Å². The molecule has 0 saturated carbocycles. The molecule has 1 aromatic heterocycles. The molecule has 21 heavy (non-hydrogen) atoms. The average molecular weight is 308 g/mol. The van der Waals surface area contributed by atoms with E-state index in [0.29, 0.717) is 4.75 Å². The van der Waals surface area contributed by atoms with Crippen molar-refractivity contribution in [2.45, 2.75) is 58.4 Å². The first-order valence-electron chi connectivity index (χ1n) is 7.77. The second-order valence-electron chi connectivity index (χ2n) is 7.55. The summed E-state index contributed by atoms with van der Waals surface area (Å²) in [5, 5.41) is 3.53. The zero-order valence-electron chi connectivity index (χ0n) is 14.3. The zero-order valence-corrected chi connectivity index (χ0v) is 15.1. The van der Waals surface area contributed by atoms with Crippen molar-refractivity contribution in [3.63, 3.8) is 0 Å². The van der Waals surface area contributed by atoms with Crippen LogP contribution < -0.4 is 10.2 Å². The Balaban J connectivity index is 2.08. The molecule has 0 radical (unpaired) electrons. The lowest BCUT2D eigenvalue weighted by molar-refractivity contribution is 0.423. The van der Waals surface area contributed by atoms with Crippen molar-refractivity contribution in [3.05, 3.63) is 23.4 Å². The Labute approximate surface area is 133 Å². The minimum Gasteiger partial charge on any atom is -0.354 e. The van der Waals surface area contributed by atoms with Crippen LogP contribution in [0.15, 0.2) is 12.1 Å². The lowest BCUT2D eigenvalue weighted by atomic mass is 10.1. The molecule has 0 aromatic carbocycles. The molecule has 1 N–H and O–H groups in total. The fourth-order valence-electron chi connectivity index (χ4n) is 2.51.